The highest BCUT2D eigenvalue weighted by Crippen LogP contribution is 2.43. The summed E-state index contributed by atoms with van der Waals surface area (Å²) in [4.78, 5) is 4.39. The van der Waals surface area contributed by atoms with E-state index in [9.17, 15) is 0 Å². The highest BCUT2D eigenvalue weighted by molar-refractivity contribution is 4.98. The summed E-state index contributed by atoms with van der Waals surface area (Å²) >= 11 is 0. The van der Waals surface area contributed by atoms with Crippen LogP contribution in [0.25, 0.3) is 0 Å². The molecule has 1 saturated carbocycles. The second-order valence-corrected chi connectivity index (χ2v) is 5.21. The summed E-state index contributed by atoms with van der Waals surface area (Å²) in [6, 6.07) is 0.351. The molecule has 3 nitrogen and oxygen atoms in total. The van der Waals surface area contributed by atoms with Gasteiger partial charge in [-0.2, -0.15) is 0 Å². The molecule has 0 bridgehead atoms. The minimum absolute atomic E-state index is 0.351. The van der Waals surface area contributed by atoms with Crippen molar-refractivity contribution in [3.8, 4) is 0 Å². The molecule has 0 aliphatic heterocycles. The Labute approximate surface area is 98.3 Å². The molecule has 0 radical (unpaired) electrons. The standard InChI is InChI=1S/C13H23N3/c1-4-13(6-5-7-13)10-15-11(2)12-14-8-9-16(12)3/h8-9,11,15H,4-7,10H2,1-3H3. The van der Waals surface area contributed by atoms with E-state index >= 15 is 0 Å². The van der Waals surface area contributed by atoms with Crippen molar-refractivity contribution < 1.29 is 0 Å². The Balaban J connectivity index is 1.88. The summed E-state index contributed by atoms with van der Waals surface area (Å²) in [5.41, 5.74) is 0.583. The number of hydrogen-bond donors (Lipinski definition) is 1. The third kappa shape index (κ3) is 2.14. The van der Waals surface area contributed by atoms with Crippen molar-refractivity contribution in [3.63, 3.8) is 0 Å². The average Bonchev–Trinajstić information content (AvgIpc) is 2.63. The van der Waals surface area contributed by atoms with Crippen LogP contribution in [-0.4, -0.2) is 16.1 Å². The van der Waals surface area contributed by atoms with Gasteiger partial charge in [-0.05, 0) is 31.6 Å². The summed E-state index contributed by atoms with van der Waals surface area (Å²) < 4.78 is 2.09. The van der Waals surface area contributed by atoms with Crippen molar-refractivity contribution in [3.05, 3.63) is 18.2 Å². The minimum atomic E-state index is 0.351. The predicted octanol–water partition coefficient (Wildman–Crippen LogP) is 2.65. The first-order chi connectivity index (χ1) is 7.67. The van der Waals surface area contributed by atoms with E-state index < -0.39 is 0 Å². The highest BCUT2D eigenvalue weighted by atomic mass is 15.1. The van der Waals surface area contributed by atoms with E-state index in [1.54, 1.807) is 0 Å². The first kappa shape index (κ1) is 11.6. The molecule has 16 heavy (non-hydrogen) atoms. The largest absolute Gasteiger partial charge is 0.337 e. The maximum absolute atomic E-state index is 4.39. The molecule has 1 fully saturated rings. The number of aryl methyl sites for hydroxylation is 1. The van der Waals surface area contributed by atoms with E-state index in [4.69, 9.17) is 0 Å². The van der Waals surface area contributed by atoms with Crippen molar-refractivity contribution in [1.82, 2.24) is 14.9 Å². The quantitative estimate of drug-likeness (QED) is 0.828. The molecule has 1 aromatic heterocycles. The maximum Gasteiger partial charge on any atom is 0.125 e. The van der Waals surface area contributed by atoms with Crippen LogP contribution in [0.2, 0.25) is 0 Å². The van der Waals surface area contributed by atoms with Gasteiger partial charge in [-0.15, -0.1) is 0 Å². The average molecular weight is 221 g/mol. The third-order valence-electron chi connectivity index (χ3n) is 4.19. The van der Waals surface area contributed by atoms with Gasteiger partial charge in [0.1, 0.15) is 5.82 Å². The first-order valence-electron chi connectivity index (χ1n) is 6.37. The fraction of sp³-hybridized carbons (Fsp3) is 0.769. The number of hydrogen-bond acceptors (Lipinski definition) is 2. The van der Waals surface area contributed by atoms with Gasteiger partial charge in [0, 0.05) is 26.0 Å². The highest BCUT2D eigenvalue weighted by Gasteiger charge is 2.35. The van der Waals surface area contributed by atoms with Gasteiger partial charge < -0.3 is 9.88 Å². The fourth-order valence-electron chi connectivity index (χ4n) is 2.59. The van der Waals surface area contributed by atoms with Crippen LogP contribution in [0.15, 0.2) is 12.4 Å². The maximum atomic E-state index is 4.39. The van der Waals surface area contributed by atoms with Gasteiger partial charge in [0.2, 0.25) is 0 Å². The van der Waals surface area contributed by atoms with Gasteiger partial charge in [-0.3, -0.25) is 0 Å². The lowest BCUT2D eigenvalue weighted by Gasteiger charge is -2.42. The van der Waals surface area contributed by atoms with Crippen LogP contribution in [0.4, 0.5) is 0 Å². The summed E-state index contributed by atoms with van der Waals surface area (Å²) in [6.45, 7) is 5.65. The van der Waals surface area contributed by atoms with Crippen LogP contribution in [0.5, 0.6) is 0 Å². The van der Waals surface area contributed by atoms with E-state index in [0.29, 0.717) is 11.5 Å². The Kier molecular flexibility index (Phi) is 3.33. The van der Waals surface area contributed by atoms with Crippen molar-refractivity contribution in [2.24, 2.45) is 12.5 Å². The van der Waals surface area contributed by atoms with E-state index in [1.165, 1.54) is 25.7 Å². The molecule has 0 amide bonds. The predicted molar refractivity (Wildman–Crippen MR) is 66.2 cm³/mol. The zero-order chi connectivity index (χ0) is 11.6. The van der Waals surface area contributed by atoms with Crippen LogP contribution >= 0.6 is 0 Å². The Morgan fingerprint density at radius 1 is 1.56 bits per heavy atom. The van der Waals surface area contributed by atoms with E-state index in [1.807, 2.05) is 12.4 Å². The Hall–Kier alpha value is -0.830. The lowest BCUT2D eigenvalue weighted by Crippen LogP contribution is -2.40. The monoisotopic (exact) mass is 221 g/mol. The summed E-state index contributed by atoms with van der Waals surface area (Å²) in [6.07, 6.45) is 9.37. The van der Waals surface area contributed by atoms with Crippen molar-refractivity contribution in [2.75, 3.05) is 6.54 Å². The molecule has 2 rings (SSSR count). The molecule has 0 aromatic carbocycles. The van der Waals surface area contributed by atoms with E-state index in [-0.39, 0.29) is 0 Å². The third-order valence-corrected chi connectivity index (χ3v) is 4.19. The number of aromatic nitrogens is 2. The zero-order valence-electron chi connectivity index (χ0n) is 10.7. The Bertz CT molecular complexity index is 333. The SMILES string of the molecule is CCC1(CNC(C)c2nccn2C)CCC1. The Morgan fingerprint density at radius 2 is 2.31 bits per heavy atom. The topological polar surface area (TPSA) is 29.9 Å². The minimum Gasteiger partial charge on any atom is -0.337 e. The molecule has 1 atom stereocenters. The number of rotatable bonds is 5. The van der Waals surface area contributed by atoms with Crippen LogP contribution in [-0.2, 0) is 7.05 Å². The van der Waals surface area contributed by atoms with Crippen molar-refractivity contribution in [1.29, 1.82) is 0 Å². The smallest absolute Gasteiger partial charge is 0.125 e. The van der Waals surface area contributed by atoms with Crippen LogP contribution < -0.4 is 5.32 Å². The van der Waals surface area contributed by atoms with Crippen molar-refractivity contribution in [2.45, 2.75) is 45.6 Å². The molecular formula is C13H23N3. The van der Waals surface area contributed by atoms with Gasteiger partial charge in [-0.25, -0.2) is 4.98 Å². The lowest BCUT2D eigenvalue weighted by molar-refractivity contribution is 0.119. The molecule has 1 heterocycles. The van der Waals surface area contributed by atoms with E-state index in [2.05, 4.69) is 35.8 Å². The molecule has 1 aliphatic rings. The molecule has 1 aromatic rings. The van der Waals surface area contributed by atoms with E-state index in [0.717, 1.165) is 12.4 Å². The number of imidazole rings is 1. The lowest BCUT2D eigenvalue weighted by atomic mass is 9.67. The van der Waals surface area contributed by atoms with Gasteiger partial charge in [0.15, 0.2) is 0 Å². The van der Waals surface area contributed by atoms with Crippen molar-refractivity contribution >= 4 is 0 Å². The van der Waals surface area contributed by atoms with Gasteiger partial charge in [0.25, 0.3) is 0 Å². The molecule has 3 heteroatoms. The zero-order valence-corrected chi connectivity index (χ0v) is 10.7. The molecule has 0 spiro atoms. The molecule has 1 N–H and O–H groups in total. The summed E-state index contributed by atoms with van der Waals surface area (Å²) in [7, 11) is 2.06. The summed E-state index contributed by atoms with van der Waals surface area (Å²) in [5, 5.41) is 3.64. The second kappa shape index (κ2) is 4.58. The first-order valence-corrected chi connectivity index (χ1v) is 6.37. The van der Waals surface area contributed by atoms with Crippen LogP contribution in [0, 0.1) is 5.41 Å². The van der Waals surface area contributed by atoms with Crippen LogP contribution in [0.3, 0.4) is 0 Å². The fourth-order valence-corrected chi connectivity index (χ4v) is 2.59. The van der Waals surface area contributed by atoms with Gasteiger partial charge in [-0.1, -0.05) is 13.3 Å². The molecule has 1 aliphatic carbocycles. The van der Waals surface area contributed by atoms with Crippen LogP contribution in [0.1, 0.15) is 51.4 Å². The van der Waals surface area contributed by atoms with Gasteiger partial charge >= 0.3 is 0 Å². The summed E-state index contributed by atoms with van der Waals surface area (Å²) in [5.74, 6) is 1.13. The Morgan fingerprint density at radius 3 is 2.75 bits per heavy atom. The molecule has 1 unspecified atom stereocenters. The second-order valence-electron chi connectivity index (χ2n) is 5.21. The van der Waals surface area contributed by atoms with Gasteiger partial charge in [0.05, 0.1) is 6.04 Å². The molecule has 90 valence electrons. The normalized spacial score (nSPS) is 20.4. The molecular weight excluding hydrogens is 198 g/mol. The number of nitrogens with zero attached hydrogens (tertiary/aromatic N) is 2. The number of nitrogens with one attached hydrogen (secondary N) is 1. The molecule has 0 saturated heterocycles.